The molecule has 0 saturated heterocycles. The lowest BCUT2D eigenvalue weighted by atomic mass is 10.1. The monoisotopic (exact) mass is 250 g/mol. The molecule has 1 atom stereocenters. The number of aryl methyl sites for hydroxylation is 2. The Morgan fingerprint density at radius 3 is 2.83 bits per heavy atom. The van der Waals surface area contributed by atoms with Gasteiger partial charge < -0.3 is 14.3 Å². The summed E-state index contributed by atoms with van der Waals surface area (Å²) in [5, 5.41) is 14.3. The highest BCUT2D eigenvalue weighted by Gasteiger charge is 2.21. The molecule has 96 valence electrons. The molecule has 18 heavy (non-hydrogen) atoms. The molecule has 0 spiro atoms. The van der Waals surface area contributed by atoms with Gasteiger partial charge in [0.2, 0.25) is 5.76 Å². The fourth-order valence-corrected chi connectivity index (χ4v) is 1.75. The lowest BCUT2D eigenvalue weighted by Crippen LogP contribution is -2.00. The highest BCUT2D eigenvalue weighted by molar-refractivity contribution is 5.86. The van der Waals surface area contributed by atoms with Gasteiger partial charge in [0.1, 0.15) is 11.9 Å². The van der Waals surface area contributed by atoms with E-state index in [2.05, 4.69) is 9.84 Å². The van der Waals surface area contributed by atoms with Gasteiger partial charge in [0.15, 0.2) is 0 Å². The van der Waals surface area contributed by atoms with Gasteiger partial charge in [-0.15, -0.1) is 0 Å². The Balaban J connectivity index is 2.29. The maximum absolute atomic E-state index is 11.2. The smallest absolute Gasteiger partial charge is 0.373 e. The molecule has 0 aliphatic heterocycles. The standard InChI is InChI=1S/C12H14N2O4/c1-7-8(6-14(2)13-7)11(15)9-4-5-10(18-9)12(16)17-3/h4-6,11,15H,1-3H3. The van der Waals surface area contributed by atoms with E-state index in [1.54, 1.807) is 30.9 Å². The molecule has 6 heteroatoms. The summed E-state index contributed by atoms with van der Waals surface area (Å²) in [6.07, 6.45) is 0.762. The van der Waals surface area contributed by atoms with E-state index in [9.17, 15) is 9.90 Å². The number of carbonyl (C=O) groups is 1. The quantitative estimate of drug-likeness (QED) is 0.828. The van der Waals surface area contributed by atoms with Crippen molar-refractivity contribution in [3.63, 3.8) is 0 Å². The predicted molar refractivity (Wildman–Crippen MR) is 62.1 cm³/mol. The van der Waals surface area contributed by atoms with Gasteiger partial charge >= 0.3 is 5.97 Å². The van der Waals surface area contributed by atoms with Gasteiger partial charge in [0.05, 0.1) is 12.8 Å². The molecule has 0 fully saturated rings. The molecular weight excluding hydrogens is 236 g/mol. The van der Waals surface area contributed by atoms with Crippen molar-refractivity contribution in [2.75, 3.05) is 7.11 Å². The zero-order chi connectivity index (χ0) is 13.3. The number of hydrogen-bond donors (Lipinski definition) is 1. The second kappa shape index (κ2) is 4.66. The number of hydrogen-bond acceptors (Lipinski definition) is 5. The van der Waals surface area contributed by atoms with Crippen LogP contribution in [0.5, 0.6) is 0 Å². The Labute approximate surface area is 104 Å². The highest BCUT2D eigenvalue weighted by atomic mass is 16.5. The Bertz CT molecular complexity index is 570. The van der Waals surface area contributed by atoms with E-state index in [1.807, 2.05) is 0 Å². The molecule has 0 amide bonds. The maximum atomic E-state index is 11.2. The van der Waals surface area contributed by atoms with E-state index in [0.29, 0.717) is 11.3 Å². The van der Waals surface area contributed by atoms with Gasteiger partial charge in [-0.1, -0.05) is 0 Å². The normalized spacial score (nSPS) is 12.4. The number of methoxy groups -OCH3 is 1. The second-order valence-corrected chi connectivity index (χ2v) is 3.94. The van der Waals surface area contributed by atoms with E-state index in [0.717, 1.165) is 0 Å². The summed E-state index contributed by atoms with van der Waals surface area (Å²) in [4.78, 5) is 11.2. The van der Waals surface area contributed by atoms with Gasteiger partial charge in [-0.3, -0.25) is 4.68 Å². The number of carbonyl (C=O) groups excluding carboxylic acids is 1. The molecular formula is C12H14N2O4. The summed E-state index contributed by atoms with van der Waals surface area (Å²) in [5.74, 6) is -0.226. The van der Waals surface area contributed by atoms with E-state index in [-0.39, 0.29) is 11.5 Å². The van der Waals surface area contributed by atoms with Crippen LogP contribution < -0.4 is 0 Å². The van der Waals surface area contributed by atoms with Crippen LogP contribution in [0.4, 0.5) is 0 Å². The van der Waals surface area contributed by atoms with Crippen LogP contribution >= 0.6 is 0 Å². The Hall–Kier alpha value is -2.08. The summed E-state index contributed by atoms with van der Waals surface area (Å²) >= 11 is 0. The van der Waals surface area contributed by atoms with Crippen LogP contribution in [0.2, 0.25) is 0 Å². The number of ether oxygens (including phenoxy) is 1. The fraction of sp³-hybridized carbons (Fsp3) is 0.333. The predicted octanol–water partition coefficient (Wildman–Crippen LogP) is 1.19. The molecule has 2 aromatic heterocycles. The molecule has 0 aromatic carbocycles. The number of aliphatic hydroxyl groups excluding tert-OH is 1. The van der Waals surface area contributed by atoms with Crippen LogP contribution in [0.1, 0.15) is 33.7 Å². The van der Waals surface area contributed by atoms with Crippen LogP contribution in [0, 0.1) is 6.92 Å². The molecule has 0 saturated carbocycles. The molecule has 6 nitrogen and oxygen atoms in total. The zero-order valence-electron chi connectivity index (χ0n) is 10.4. The molecule has 2 aromatic rings. The first-order valence-corrected chi connectivity index (χ1v) is 5.39. The maximum Gasteiger partial charge on any atom is 0.373 e. The third-order valence-corrected chi connectivity index (χ3v) is 2.63. The molecule has 0 bridgehead atoms. The van der Waals surface area contributed by atoms with E-state index in [1.165, 1.54) is 13.2 Å². The van der Waals surface area contributed by atoms with E-state index in [4.69, 9.17) is 4.42 Å². The number of esters is 1. The largest absolute Gasteiger partial charge is 0.463 e. The Morgan fingerprint density at radius 2 is 2.28 bits per heavy atom. The molecule has 1 unspecified atom stereocenters. The summed E-state index contributed by atoms with van der Waals surface area (Å²) in [6.45, 7) is 1.79. The van der Waals surface area contributed by atoms with Gasteiger partial charge in [-0.25, -0.2) is 4.79 Å². The first-order valence-electron chi connectivity index (χ1n) is 5.39. The summed E-state index contributed by atoms with van der Waals surface area (Å²) in [7, 11) is 3.04. The van der Waals surface area contributed by atoms with Crippen molar-refractivity contribution < 1.29 is 19.1 Å². The molecule has 0 radical (unpaired) electrons. The minimum absolute atomic E-state index is 0.0630. The number of aliphatic hydroxyl groups is 1. The van der Waals surface area contributed by atoms with Crippen LogP contribution in [-0.2, 0) is 11.8 Å². The molecule has 2 heterocycles. The number of rotatable bonds is 3. The average molecular weight is 250 g/mol. The van der Waals surface area contributed by atoms with Crippen molar-refractivity contribution in [1.82, 2.24) is 9.78 Å². The highest BCUT2D eigenvalue weighted by Crippen LogP contribution is 2.25. The van der Waals surface area contributed by atoms with Crippen LogP contribution in [-0.4, -0.2) is 28.0 Å². The lowest BCUT2D eigenvalue weighted by molar-refractivity contribution is 0.0558. The van der Waals surface area contributed by atoms with E-state index < -0.39 is 12.1 Å². The SMILES string of the molecule is COC(=O)c1ccc(C(O)c2cn(C)nc2C)o1. The Kier molecular flexibility index (Phi) is 3.20. The minimum atomic E-state index is -0.947. The summed E-state index contributed by atoms with van der Waals surface area (Å²) < 4.78 is 11.4. The van der Waals surface area contributed by atoms with Crippen molar-refractivity contribution >= 4 is 5.97 Å². The Morgan fingerprint density at radius 1 is 1.56 bits per heavy atom. The first kappa shape index (κ1) is 12.4. The summed E-state index contributed by atoms with van der Waals surface area (Å²) in [6, 6.07) is 3.01. The van der Waals surface area contributed by atoms with Gasteiger partial charge in [-0.2, -0.15) is 5.10 Å². The number of aromatic nitrogens is 2. The van der Waals surface area contributed by atoms with Gasteiger partial charge in [0, 0.05) is 18.8 Å². The first-order chi connectivity index (χ1) is 8.52. The van der Waals surface area contributed by atoms with Crippen molar-refractivity contribution in [2.45, 2.75) is 13.0 Å². The van der Waals surface area contributed by atoms with Crippen molar-refractivity contribution in [3.8, 4) is 0 Å². The second-order valence-electron chi connectivity index (χ2n) is 3.94. The fourth-order valence-electron chi connectivity index (χ4n) is 1.75. The van der Waals surface area contributed by atoms with Gasteiger partial charge in [0.25, 0.3) is 0 Å². The van der Waals surface area contributed by atoms with Crippen LogP contribution in [0.15, 0.2) is 22.7 Å². The van der Waals surface area contributed by atoms with Crippen molar-refractivity contribution in [2.24, 2.45) is 7.05 Å². The zero-order valence-corrected chi connectivity index (χ0v) is 10.4. The lowest BCUT2D eigenvalue weighted by Gasteiger charge is -2.05. The van der Waals surface area contributed by atoms with Crippen LogP contribution in [0.3, 0.4) is 0 Å². The third kappa shape index (κ3) is 2.14. The molecule has 0 aliphatic carbocycles. The third-order valence-electron chi connectivity index (χ3n) is 2.63. The topological polar surface area (TPSA) is 77.5 Å². The van der Waals surface area contributed by atoms with E-state index >= 15 is 0 Å². The van der Waals surface area contributed by atoms with Crippen molar-refractivity contribution in [3.05, 3.63) is 41.1 Å². The molecule has 1 N–H and O–H groups in total. The minimum Gasteiger partial charge on any atom is -0.463 e. The summed E-state index contributed by atoms with van der Waals surface area (Å²) in [5.41, 5.74) is 1.35. The number of nitrogens with zero attached hydrogens (tertiary/aromatic N) is 2. The van der Waals surface area contributed by atoms with Gasteiger partial charge in [-0.05, 0) is 19.1 Å². The average Bonchev–Trinajstić information content (AvgIpc) is 2.94. The number of furan rings is 1. The molecule has 2 rings (SSSR count). The molecule has 0 aliphatic rings. The van der Waals surface area contributed by atoms with Crippen LogP contribution in [0.25, 0.3) is 0 Å². The van der Waals surface area contributed by atoms with Crippen molar-refractivity contribution in [1.29, 1.82) is 0 Å².